The fourth-order valence-corrected chi connectivity index (χ4v) is 6.62. The molecule has 3 N–H and O–H groups in total. The molecule has 276 valence electrons. The first-order chi connectivity index (χ1) is 26.4. The molecule has 6 aromatic carbocycles. The maximum Gasteiger partial charge on any atom is 0.169 e. The van der Waals surface area contributed by atoms with Crippen molar-refractivity contribution in [2.24, 2.45) is 0 Å². The second kappa shape index (κ2) is 16.3. The van der Waals surface area contributed by atoms with Crippen LogP contribution in [0.1, 0.15) is 50.1 Å². The molecule has 0 amide bonds. The first kappa shape index (κ1) is 36.4. The van der Waals surface area contributed by atoms with Crippen molar-refractivity contribution in [2.75, 3.05) is 21.3 Å². The molecule has 0 atom stereocenters. The Morgan fingerprint density at radius 1 is 0.352 bits per heavy atom. The van der Waals surface area contributed by atoms with Crippen LogP contribution in [0, 0.1) is 0 Å². The van der Waals surface area contributed by atoms with Crippen molar-refractivity contribution in [3.05, 3.63) is 159 Å². The molecule has 0 radical (unpaired) electrons. The molecular formula is C45H42O9. The van der Waals surface area contributed by atoms with Gasteiger partial charge in [-0.3, -0.25) is 0 Å². The third kappa shape index (κ3) is 7.99. The number of fused-ring (bicyclic) bond motifs is 3. The third-order valence-electron chi connectivity index (χ3n) is 9.60. The highest BCUT2D eigenvalue weighted by atomic mass is 16.5. The van der Waals surface area contributed by atoms with Gasteiger partial charge in [-0.05, 0) is 142 Å². The molecule has 0 heterocycles. The molecule has 9 heteroatoms. The van der Waals surface area contributed by atoms with Crippen molar-refractivity contribution in [1.29, 1.82) is 0 Å². The van der Waals surface area contributed by atoms with Crippen molar-refractivity contribution in [2.45, 2.75) is 39.1 Å². The van der Waals surface area contributed by atoms with E-state index in [1.165, 1.54) is 0 Å². The lowest BCUT2D eigenvalue weighted by molar-refractivity contribution is 0.281. The first-order valence-electron chi connectivity index (χ1n) is 17.6. The summed E-state index contributed by atoms with van der Waals surface area (Å²) < 4.78 is 36.8. The lowest BCUT2D eigenvalue weighted by Crippen LogP contribution is -2.02. The monoisotopic (exact) mass is 726 g/mol. The van der Waals surface area contributed by atoms with Crippen LogP contribution in [0.2, 0.25) is 0 Å². The van der Waals surface area contributed by atoms with Crippen LogP contribution in [0.3, 0.4) is 0 Å². The number of rotatable bonds is 12. The van der Waals surface area contributed by atoms with Gasteiger partial charge in [0, 0.05) is 0 Å². The zero-order valence-corrected chi connectivity index (χ0v) is 30.4. The van der Waals surface area contributed by atoms with Crippen molar-refractivity contribution >= 4 is 0 Å². The fourth-order valence-electron chi connectivity index (χ4n) is 6.62. The van der Waals surface area contributed by atoms with E-state index in [-0.39, 0.29) is 19.8 Å². The van der Waals surface area contributed by atoms with E-state index >= 15 is 0 Å². The first-order valence-corrected chi connectivity index (χ1v) is 17.6. The van der Waals surface area contributed by atoms with Crippen LogP contribution in [0.15, 0.2) is 109 Å². The summed E-state index contributed by atoms with van der Waals surface area (Å²) >= 11 is 0. The van der Waals surface area contributed by atoms with E-state index in [9.17, 15) is 15.3 Å². The molecule has 0 saturated carbocycles. The molecule has 7 rings (SSSR count). The molecule has 1 aliphatic carbocycles. The molecule has 0 spiro atoms. The van der Waals surface area contributed by atoms with E-state index in [1.807, 2.05) is 109 Å². The van der Waals surface area contributed by atoms with Gasteiger partial charge in [0.1, 0.15) is 17.2 Å². The van der Waals surface area contributed by atoms with E-state index in [0.29, 0.717) is 71.0 Å². The van der Waals surface area contributed by atoms with E-state index < -0.39 is 0 Å². The number of hydrogen-bond donors (Lipinski definition) is 3. The van der Waals surface area contributed by atoms with Crippen LogP contribution in [-0.4, -0.2) is 36.6 Å². The molecule has 0 unspecified atom stereocenters. The van der Waals surface area contributed by atoms with Gasteiger partial charge >= 0.3 is 0 Å². The summed E-state index contributed by atoms with van der Waals surface area (Å²) in [6.45, 7) is -0.154. The van der Waals surface area contributed by atoms with E-state index in [2.05, 4.69) is 0 Å². The van der Waals surface area contributed by atoms with Gasteiger partial charge in [0.25, 0.3) is 0 Å². The summed E-state index contributed by atoms with van der Waals surface area (Å²) in [5, 5.41) is 28.6. The van der Waals surface area contributed by atoms with Gasteiger partial charge < -0.3 is 43.7 Å². The Bertz CT molecular complexity index is 1970. The number of methoxy groups -OCH3 is 3. The Kier molecular flexibility index (Phi) is 11.0. The lowest BCUT2D eigenvalue weighted by Gasteiger charge is -2.18. The predicted octanol–water partition coefficient (Wildman–Crippen LogP) is 8.65. The molecule has 0 saturated heterocycles. The molecule has 54 heavy (non-hydrogen) atoms. The molecule has 0 bridgehead atoms. The van der Waals surface area contributed by atoms with Crippen LogP contribution in [-0.2, 0) is 39.1 Å². The van der Waals surface area contributed by atoms with Crippen LogP contribution in [0.4, 0.5) is 0 Å². The average molecular weight is 727 g/mol. The van der Waals surface area contributed by atoms with E-state index in [1.54, 1.807) is 21.3 Å². The molecular weight excluding hydrogens is 684 g/mol. The van der Waals surface area contributed by atoms with Crippen LogP contribution in [0.25, 0.3) is 0 Å². The Hall–Kier alpha value is -6.00. The minimum Gasteiger partial charge on any atom is -0.493 e. The van der Waals surface area contributed by atoms with E-state index in [0.717, 1.165) is 50.1 Å². The number of benzene rings is 6. The van der Waals surface area contributed by atoms with Crippen molar-refractivity contribution < 1.29 is 43.7 Å². The maximum atomic E-state index is 9.53. The minimum atomic E-state index is -0.0514. The largest absolute Gasteiger partial charge is 0.493 e. The highest BCUT2D eigenvalue weighted by molar-refractivity contribution is 5.59. The molecule has 1 aliphatic rings. The average Bonchev–Trinajstić information content (AvgIpc) is 3.26. The smallest absolute Gasteiger partial charge is 0.169 e. The molecule has 9 nitrogen and oxygen atoms in total. The second-order valence-electron chi connectivity index (χ2n) is 13.1. The molecule has 0 aliphatic heterocycles. The minimum absolute atomic E-state index is 0.0514. The molecule has 6 aromatic rings. The summed E-state index contributed by atoms with van der Waals surface area (Å²) in [4.78, 5) is 0. The highest BCUT2D eigenvalue weighted by Crippen LogP contribution is 2.43. The standard InChI is InChI=1S/C45H42O9/c1-49-40-19-31-16-35-23-44(53-38-12-6-29(26-47)7-13-38)42(51-3)21-33(35)18-36-24-45(54-39-14-8-30(27-48)9-15-39)41(50-2)20-32(36)17-34(31)22-43(40)52-37-10-4-28(25-46)5-11-37/h4-15,19-24,46-48H,16-18,25-27H2,1-3H3. The summed E-state index contributed by atoms with van der Waals surface area (Å²) in [5.74, 6) is 5.32. The number of aliphatic hydroxyl groups is 3. The van der Waals surface area contributed by atoms with Gasteiger partial charge in [-0.2, -0.15) is 0 Å². The van der Waals surface area contributed by atoms with Crippen molar-refractivity contribution in [3.63, 3.8) is 0 Å². The van der Waals surface area contributed by atoms with Gasteiger partial charge in [-0.25, -0.2) is 0 Å². The third-order valence-corrected chi connectivity index (χ3v) is 9.60. The number of hydrogen-bond acceptors (Lipinski definition) is 9. The summed E-state index contributed by atoms with van der Waals surface area (Å²) in [5.41, 5.74) is 8.66. The van der Waals surface area contributed by atoms with Crippen LogP contribution >= 0.6 is 0 Å². The van der Waals surface area contributed by atoms with Gasteiger partial charge in [0.2, 0.25) is 0 Å². The Morgan fingerprint density at radius 2 is 0.574 bits per heavy atom. The van der Waals surface area contributed by atoms with Gasteiger partial charge in [-0.15, -0.1) is 0 Å². The van der Waals surface area contributed by atoms with Gasteiger partial charge in [0.15, 0.2) is 34.5 Å². The van der Waals surface area contributed by atoms with Gasteiger partial charge in [-0.1, -0.05) is 36.4 Å². The zero-order chi connectivity index (χ0) is 37.6. The number of aliphatic hydroxyl groups excluding tert-OH is 3. The topological polar surface area (TPSA) is 116 Å². The van der Waals surface area contributed by atoms with Gasteiger partial charge in [0.05, 0.1) is 41.2 Å². The number of ether oxygens (including phenoxy) is 6. The molecule has 0 aromatic heterocycles. The Labute approximate surface area is 314 Å². The van der Waals surface area contributed by atoms with Crippen molar-refractivity contribution in [3.8, 4) is 51.7 Å². The predicted molar refractivity (Wildman–Crippen MR) is 205 cm³/mol. The summed E-state index contributed by atoms with van der Waals surface area (Å²) in [6.07, 6.45) is 1.71. The SMILES string of the molecule is COc1cc2c(cc1Oc1ccc(CO)cc1)Cc1cc(OC)c(Oc3ccc(CO)cc3)cc1Cc1cc(OC)c(Oc3ccc(CO)cc3)cc1C2. The maximum absolute atomic E-state index is 9.53. The lowest BCUT2D eigenvalue weighted by atomic mass is 9.94. The van der Waals surface area contributed by atoms with Crippen LogP contribution in [0.5, 0.6) is 51.7 Å². The van der Waals surface area contributed by atoms with E-state index in [4.69, 9.17) is 28.4 Å². The molecule has 0 fully saturated rings. The van der Waals surface area contributed by atoms with Crippen LogP contribution < -0.4 is 28.4 Å². The fraction of sp³-hybridized carbons (Fsp3) is 0.200. The normalized spacial score (nSPS) is 11.9. The quantitative estimate of drug-likeness (QED) is 0.114. The zero-order valence-electron chi connectivity index (χ0n) is 30.4. The highest BCUT2D eigenvalue weighted by Gasteiger charge is 2.23. The second-order valence-corrected chi connectivity index (χ2v) is 13.1. The summed E-state index contributed by atoms with van der Waals surface area (Å²) in [7, 11) is 4.89. The van der Waals surface area contributed by atoms with Crippen molar-refractivity contribution in [1.82, 2.24) is 0 Å². The Morgan fingerprint density at radius 3 is 0.778 bits per heavy atom. The summed E-state index contributed by atoms with van der Waals surface area (Å²) in [6, 6.07) is 34.1. The Balaban J connectivity index is 1.36.